The summed E-state index contributed by atoms with van der Waals surface area (Å²) in [5.74, 6) is 0. The summed E-state index contributed by atoms with van der Waals surface area (Å²) in [6, 6.07) is 8.62. The molecular weight excluding hydrogens is 184 g/mol. The van der Waals surface area contributed by atoms with Gasteiger partial charge in [-0.1, -0.05) is 0 Å². The average molecular weight is 202 g/mol. The molecule has 0 aromatic carbocycles. The van der Waals surface area contributed by atoms with Crippen molar-refractivity contribution in [1.29, 1.82) is 0 Å². The standard InChI is InChI=1S/C13H18N2/c1-14-10-4-8-12(14)6-3-7-13-9-5-11-15(13)2/h4-5,8-11H,3,6-7H2,1-2H3. The number of hydrogen-bond acceptors (Lipinski definition) is 0. The summed E-state index contributed by atoms with van der Waals surface area (Å²) in [5, 5.41) is 0. The van der Waals surface area contributed by atoms with E-state index in [0.717, 1.165) is 12.8 Å². The van der Waals surface area contributed by atoms with Crippen LogP contribution in [0.25, 0.3) is 0 Å². The van der Waals surface area contributed by atoms with Gasteiger partial charge in [0, 0.05) is 37.9 Å². The van der Waals surface area contributed by atoms with Gasteiger partial charge in [-0.25, -0.2) is 0 Å². The Morgan fingerprint density at radius 3 is 1.67 bits per heavy atom. The van der Waals surface area contributed by atoms with Crippen molar-refractivity contribution in [3.8, 4) is 0 Å². The van der Waals surface area contributed by atoms with E-state index in [0.29, 0.717) is 0 Å². The van der Waals surface area contributed by atoms with E-state index in [4.69, 9.17) is 0 Å². The number of aryl methyl sites for hydroxylation is 4. The van der Waals surface area contributed by atoms with E-state index in [1.165, 1.54) is 17.8 Å². The molecule has 0 atom stereocenters. The largest absolute Gasteiger partial charge is 0.354 e. The number of nitrogens with zero attached hydrogens (tertiary/aromatic N) is 2. The third-order valence-corrected chi connectivity index (χ3v) is 2.97. The molecule has 0 N–H and O–H groups in total. The fourth-order valence-corrected chi connectivity index (χ4v) is 1.96. The van der Waals surface area contributed by atoms with Gasteiger partial charge in [0.15, 0.2) is 0 Å². The molecule has 15 heavy (non-hydrogen) atoms. The van der Waals surface area contributed by atoms with Crippen LogP contribution >= 0.6 is 0 Å². The van der Waals surface area contributed by atoms with Crippen molar-refractivity contribution in [3.05, 3.63) is 48.0 Å². The summed E-state index contributed by atoms with van der Waals surface area (Å²) in [7, 11) is 4.22. The van der Waals surface area contributed by atoms with E-state index in [1.807, 2.05) is 0 Å². The van der Waals surface area contributed by atoms with Crippen LogP contribution in [0.4, 0.5) is 0 Å². The molecule has 0 spiro atoms. The summed E-state index contributed by atoms with van der Waals surface area (Å²) < 4.78 is 4.40. The molecule has 0 saturated heterocycles. The molecule has 0 aliphatic heterocycles. The fourth-order valence-electron chi connectivity index (χ4n) is 1.96. The first-order chi connectivity index (χ1) is 7.27. The van der Waals surface area contributed by atoms with Gasteiger partial charge < -0.3 is 9.13 Å². The molecule has 0 radical (unpaired) electrons. The Labute approximate surface area is 91.2 Å². The van der Waals surface area contributed by atoms with Gasteiger partial charge in [0.1, 0.15) is 0 Å². The molecular formula is C13H18N2. The normalized spacial score (nSPS) is 10.8. The molecule has 0 bridgehead atoms. The topological polar surface area (TPSA) is 9.86 Å². The summed E-state index contributed by atoms with van der Waals surface area (Å²) in [6.45, 7) is 0. The van der Waals surface area contributed by atoms with Crippen LogP contribution in [0.1, 0.15) is 17.8 Å². The lowest BCUT2D eigenvalue weighted by atomic mass is 10.1. The molecule has 2 aromatic rings. The van der Waals surface area contributed by atoms with Gasteiger partial charge in [-0.2, -0.15) is 0 Å². The van der Waals surface area contributed by atoms with Crippen molar-refractivity contribution >= 4 is 0 Å². The van der Waals surface area contributed by atoms with E-state index >= 15 is 0 Å². The predicted octanol–water partition coefficient (Wildman–Crippen LogP) is 2.54. The van der Waals surface area contributed by atoms with Crippen molar-refractivity contribution in [3.63, 3.8) is 0 Å². The quantitative estimate of drug-likeness (QED) is 0.721. The zero-order valence-electron chi connectivity index (χ0n) is 9.48. The smallest absolute Gasteiger partial charge is 0.0171 e. The minimum absolute atomic E-state index is 1.16. The fraction of sp³-hybridized carbons (Fsp3) is 0.385. The molecule has 2 heteroatoms. The van der Waals surface area contributed by atoms with Gasteiger partial charge >= 0.3 is 0 Å². The molecule has 2 heterocycles. The molecule has 0 fully saturated rings. The Bertz CT molecular complexity index is 383. The van der Waals surface area contributed by atoms with Crippen LogP contribution < -0.4 is 0 Å². The summed E-state index contributed by atoms with van der Waals surface area (Å²) in [6.07, 6.45) is 7.76. The minimum atomic E-state index is 1.16. The molecule has 2 aromatic heterocycles. The lowest BCUT2D eigenvalue weighted by molar-refractivity contribution is 0.713. The van der Waals surface area contributed by atoms with E-state index in [1.54, 1.807) is 0 Å². The first kappa shape index (κ1) is 10.1. The van der Waals surface area contributed by atoms with Crippen molar-refractivity contribution in [2.24, 2.45) is 14.1 Å². The van der Waals surface area contributed by atoms with Gasteiger partial charge in [0.05, 0.1) is 0 Å². The van der Waals surface area contributed by atoms with Gasteiger partial charge in [-0.05, 0) is 43.5 Å². The van der Waals surface area contributed by atoms with E-state index in [-0.39, 0.29) is 0 Å². The highest BCUT2D eigenvalue weighted by Gasteiger charge is 1.99. The second kappa shape index (κ2) is 4.39. The van der Waals surface area contributed by atoms with Crippen LogP contribution in [0.15, 0.2) is 36.7 Å². The van der Waals surface area contributed by atoms with Crippen LogP contribution in [0.3, 0.4) is 0 Å². The summed E-state index contributed by atoms with van der Waals surface area (Å²) >= 11 is 0. The lowest BCUT2D eigenvalue weighted by Gasteiger charge is -2.04. The van der Waals surface area contributed by atoms with Crippen molar-refractivity contribution < 1.29 is 0 Å². The third kappa shape index (κ3) is 2.32. The Balaban J connectivity index is 1.86. The van der Waals surface area contributed by atoms with Crippen LogP contribution in [-0.4, -0.2) is 9.13 Å². The van der Waals surface area contributed by atoms with Crippen LogP contribution in [0, 0.1) is 0 Å². The van der Waals surface area contributed by atoms with Crippen molar-refractivity contribution in [2.45, 2.75) is 19.3 Å². The predicted molar refractivity (Wildman–Crippen MR) is 62.9 cm³/mol. The summed E-state index contributed by atoms with van der Waals surface area (Å²) in [5.41, 5.74) is 2.84. The first-order valence-electron chi connectivity index (χ1n) is 5.48. The monoisotopic (exact) mass is 202 g/mol. The molecule has 2 nitrogen and oxygen atoms in total. The Hall–Kier alpha value is -1.44. The SMILES string of the molecule is Cn1cccc1CCCc1cccn1C. The zero-order chi connectivity index (χ0) is 10.7. The highest BCUT2D eigenvalue weighted by molar-refractivity contribution is 5.09. The Morgan fingerprint density at radius 1 is 0.867 bits per heavy atom. The van der Waals surface area contributed by atoms with Gasteiger partial charge in [-0.3, -0.25) is 0 Å². The molecule has 80 valence electrons. The number of aromatic nitrogens is 2. The molecule has 0 amide bonds. The Kier molecular flexibility index (Phi) is 2.95. The molecule has 0 aliphatic rings. The van der Waals surface area contributed by atoms with Crippen molar-refractivity contribution in [1.82, 2.24) is 9.13 Å². The summed E-state index contributed by atoms with van der Waals surface area (Å²) in [4.78, 5) is 0. The van der Waals surface area contributed by atoms with Crippen molar-refractivity contribution in [2.75, 3.05) is 0 Å². The third-order valence-electron chi connectivity index (χ3n) is 2.97. The second-order valence-corrected chi connectivity index (χ2v) is 4.07. The number of hydrogen-bond donors (Lipinski definition) is 0. The second-order valence-electron chi connectivity index (χ2n) is 4.07. The van der Waals surface area contributed by atoms with Gasteiger partial charge in [0.2, 0.25) is 0 Å². The maximum Gasteiger partial charge on any atom is 0.0171 e. The molecule has 0 aliphatic carbocycles. The molecule has 0 unspecified atom stereocenters. The average Bonchev–Trinajstić information content (AvgIpc) is 2.78. The van der Waals surface area contributed by atoms with Gasteiger partial charge in [-0.15, -0.1) is 0 Å². The maximum atomic E-state index is 2.20. The maximum absolute atomic E-state index is 2.20. The van der Waals surface area contributed by atoms with Crippen LogP contribution in [-0.2, 0) is 26.9 Å². The first-order valence-corrected chi connectivity index (χ1v) is 5.48. The molecule has 2 rings (SSSR count). The van der Waals surface area contributed by atoms with E-state index < -0.39 is 0 Å². The van der Waals surface area contributed by atoms with Gasteiger partial charge in [0.25, 0.3) is 0 Å². The Morgan fingerprint density at radius 2 is 1.33 bits per heavy atom. The minimum Gasteiger partial charge on any atom is -0.354 e. The van der Waals surface area contributed by atoms with E-state index in [2.05, 4.69) is 59.9 Å². The van der Waals surface area contributed by atoms with Crippen LogP contribution in [0.5, 0.6) is 0 Å². The molecule has 0 saturated carbocycles. The van der Waals surface area contributed by atoms with Crippen LogP contribution in [0.2, 0.25) is 0 Å². The lowest BCUT2D eigenvalue weighted by Crippen LogP contribution is -1.99. The zero-order valence-corrected chi connectivity index (χ0v) is 9.48. The van der Waals surface area contributed by atoms with E-state index in [9.17, 15) is 0 Å². The number of rotatable bonds is 4. The highest BCUT2D eigenvalue weighted by atomic mass is 14.9. The highest BCUT2D eigenvalue weighted by Crippen LogP contribution is 2.08.